The highest BCUT2D eigenvalue weighted by molar-refractivity contribution is 8.14. The van der Waals surface area contributed by atoms with Crippen molar-refractivity contribution in [2.45, 2.75) is 31.2 Å². The Hall–Kier alpha value is -1.37. The lowest BCUT2D eigenvalue weighted by molar-refractivity contribution is -0.118. The zero-order valence-corrected chi connectivity index (χ0v) is 11.6. The van der Waals surface area contributed by atoms with Gasteiger partial charge >= 0.3 is 0 Å². The molecule has 0 bridgehead atoms. The number of thioether (sulfide) groups is 1. The number of hydrogen-bond donors (Lipinski definition) is 2. The lowest BCUT2D eigenvalue weighted by Crippen LogP contribution is -2.32. The van der Waals surface area contributed by atoms with Crippen LogP contribution < -0.4 is 16.6 Å². The Morgan fingerprint density at radius 2 is 2.26 bits per heavy atom. The molecule has 1 amide bonds. The minimum absolute atomic E-state index is 0.205. The molecule has 1 aliphatic heterocycles. The number of hydrogen-bond acceptors (Lipinski definition) is 4. The van der Waals surface area contributed by atoms with Gasteiger partial charge in [0.15, 0.2) is 0 Å². The van der Waals surface area contributed by atoms with Gasteiger partial charge in [-0.25, -0.2) is 0 Å². The van der Waals surface area contributed by atoms with Crippen LogP contribution in [-0.2, 0) is 11.2 Å². The first-order chi connectivity index (χ1) is 9.19. The third-order valence-electron chi connectivity index (χ3n) is 2.74. The van der Waals surface area contributed by atoms with Gasteiger partial charge in [-0.05, 0) is 18.4 Å². The van der Waals surface area contributed by atoms with Crippen molar-refractivity contribution >= 4 is 22.8 Å². The van der Waals surface area contributed by atoms with E-state index in [2.05, 4.69) is 15.8 Å². The molecule has 101 valence electrons. The van der Waals surface area contributed by atoms with E-state index in [1.165, 1.54) is 11.8 Å². The van der Waals surface area contributed by atoms with Crippen LogP contribution in [0.5, 0.6) is 0 Å². The minimum Gasteiger partial charge on any atom is -0.320 e. The SMILES string of the molecule is CCC1N[N]C(=NC(=O)C(N)Cc2ccccc2)S1. The van der Waals surface area contributed by atoms with Crippen LogP contribution in [0.15, 0.2) is 35.3 Å². The van der Waals surface area contributed by atoms with Gasteiger partial charge in [-0.2, -0.15) is 15.8 Å². The Kier molecular flexibility index (Phi) is 4.95. The van der Waals surface area contributed by atoms with Crippen molar-refractivity contribution in [3.8, 4) is 0 Å². The zero-order valence-electron chi connectivity index (χ0n) is 10.7. The standard InChI is InChI=1S/C13H17N4OS/c1-2-11-16-17-13(19-11)15-12(18)10(14)8-9-6-4-3-5-7-9/h3-7,10-11,16H,2,8,14H2,1H3. The van der Waals surface area contributed by atoms with Gasteiger partial charge in [0.05, 0.1) is 11.4 Å². The second-order valence-electron chi connectivity index (χ2n) is 4.28. The van der Waals surface area contributed by atoms with Crippen LogP contribution >= 0.6 is 11.8 Å². The van der Waals surface area contributed by atoms with Crippen LogP contribution in [0.25, 0.3) is 0 Å². The largest absolute Gasteiger partial charge is 0.320 e. The Morgan fingerprint density at radius 1 is 1.53 bits per heavy atom. The van der Waals surface area contributed by atoms with Gasteiger partial charge < -0.3 is 5.73 Å². The average Bonchev–Trinajstić information content (AvgIpc) is 2.87. The second-order valence-corrected chi connectivity index (χ2v) is 5.45. The molecule has 3 N–H and O–H groups in total. The maximum Gasteiger partial charge on any atom is 0.265 e. The first-order valence-electron chi connectivity index (χ1n) is 6.24. The van der Waals surface area contributed by atoms with Crippen molar-refractivity contribution in [2.75, 3.05) is 0 Å². The molecular weight excluding hydrogens is 260 g/mol. The molecule has 1 aromatic carbocycles. The Bertz CT molecular complexity index is 463. The summed E-state index contributed by atoms with van der Waals surface area (Å²) in [6.45, 7) is 2.05. The summed E-state index contributed by atoms with van der Waals surface area (Å²) in [6, 6.07) is 9.06. The summed E-state index contributed by atoms with van der Waals surface area (Å²) >= 11 is 1.46. The van der Waals surface area contributed by atoms with E-state index < -0.39 is 6.04 Å². The van der Waals surface area contributed by atoms with Crippen LogP contribution in [-0.4, -0.2) is 22.5 Å². The number of aliphatic imine (C=N–C) groups is 1. The first kappa shape index (κ1) is 14.0. The van der Waals surface area contributed by atoms with Gasteiger partial charge in [-0.3, -0.25) is 4.79 Å². The van der Waals surface area contributed by atoms with Gasteiger partial charge in [0.2, 0.25) is 5.17 Å². The highest BCUT2D eigenvalue weighted by Crippen LogP contribution is 2.18. The summed E-state index contributed by atoms with van der Waals surface area (Å²) in [7, 11) is 0. The molecule has 0 aromatic heterocycles. The Labute approximate surface area is 117 Å². The molecule has 0 saturated carbocycles. The number of nitrogens with zero attached hydrogens (tertiary/aromatic N) is 2. The number of amides is 1. The molecule has 0 spiro atoms. The predicted octanol–water partition coefficient (Wildman–Crippen LogP) is 1.03. The van der Waals surface area contributed by atoms with Crippen molar-refractivity contribution < 1.29 is 4.79 Å². The third kappa shape index (κ3) is 4.05. The van der Waals surface area contributed by atoms with Crippen molar-refractivity contribution in [1.82, 2.24) is 10.9 Å². The van der Waals surface area contributed by atoms with Crippen molar-refractivity contribution in [2.24, 2.45) is 10.7 Å². The number of carbonyl (C=O) groups is 1. The molecule has 1 heterocycles. The number of benzene rings is 1. The van der Waals surface area contributed by atoms with Crippen molar-refractivity contribution in [3.05, 3.63) is 35.9 Å². The molecular formula is C13H17N4OS. The van der Waals surface area contributed by atoms with E-state index in [0.717, 1.165) is 12.0 Å². The van der Waals surface area contributed by atoms with Crippen LogP contribution in [0.4, 0.5) is 0 Å². The zero-order chi connectivity index (χ0) is 13.7. The van der Waals surface area contributed by atoms with E-state index in [1.54, 1.807) is 0 Å². The number of rotatable bonds is 4. The quantitative estimate of drug-likeness (QED) is 0.861. The molecule has 1 aromatic rings. The van der Waals surface area contributed by atoms with Crippen molar-refractivity contribution in [1.29, 1.82) is 0 Å². The van der Waals surface area contributed by atoms with Crippen LogP contribution in [0.1, 0.15) is 18.9 Å². The molecule has 5 nitrogen and oxygen atoms in total. The second kappa shape index (κ2) is 6.70. The van der Waals surface area contributed by atoms with Gasteiger partial charge in [0.25, 0.3) is 5.91 Å². The summed E-state index contributed by atoms with van der Waals surface area (Å²) in [5.74, 6) is -0.325. The molecule has 19 heavy (non-hydrogen) atoms. The highest BCUT2D eigenvalue weighted by Gasteiger charge is 2.23. The topological polar surface area (TPSA) is 81.6 Å². The van der Waals surface area contributed by atoms with E-state index in [9.17, 15) is 4.79 Å². The summed E-state index contributed by atoms with van der Waals surface area (Å²) < 4.78 is 0. The van der Waals surface area contributed by atoms with E-state index in [4.69, 9.17) is 5.73 Å². The van der Waals surface area contributed by atoms with E-state index in [-0.39, 0.29) is 11.3 Å². The molecule has 0 aliphatic carbocycles. The lowest BCUT2D eigenvalue weighted by Gasteiger charge is -2.07. The molecule has 1 saturated heterocycles. The summed E-state index contributed by atoms with van der Waals surface area (Å²) in [5.41, 5.74) is 13.8. The smallest absolute Gasteiger partial charge is 0.265 e. The number of amidine groups is 1. The maximum atomic E-state index is 11.9. The van der Waals surface area contributed by atoms with Gasteiger partial charge in [-0.15, -0.1) is 0 Å². The van der Waals surface area contributed by atoms with Gasteiger partial charge in [0.1, 0.15) is 0 Å². The fourth-order valence-electron chi connectivity index (χ4n) is 1.67. The van der Waals surface area contributed by atoms with E-state index in [0.29, 0.717) is 11.6 Å². The van der Waals surface area contributed by atoms with Crippen LogP contribution in [0.2, 0.25) is 0 Å². The lowest BCUT2D eigenvalue weighted by atomic mass is 10.1. The first-order valence-corrected chi connectivity index (χ1v) is 7.12. The highest BCUT2D eigenvalue weighted by atomic mass is 32.2. The fourth-order valence-corrected chi connectivity index (χ4v) is 2.44. The predicted molar refractivity (Wildman–Crippen MR) is 77.5 cm³/mol. The van der Waals surface area contributed by atoms with Crippen LogP contribution in [0.3, 0.4) is 0 Å². The molecule has 2 rings (SSSR count). The van der Waals surface area contributed by atoms with Gasteiger partial charge in [-0.1, -0.05) is 49.0 Å². The van der Waals surface area contributed by atoms with E-state index in [1.807, 2.05) is 37.3 Å². The molecule has 1 fully saturated rings. The molecule has 2 unspecified atom stereocenters. The minimum atomic E-state index is -0.619. The number of nitrogens with two attached hydrogens (primary N) is 1. The summed E-state index contributed by atoms with van der Waals surface area (Å²) in [6.07, 6.45) is 1.42. The monoisotopic (exact) mass is 277 g/mol. The van der Waals surface area contributed by atoms with E-state index >= 15 is 0 Å². The summed E-state index contributed by atoms with van der Waals surface area (Å²) in [4.78, 5) is 15.8. The Morgan fingerprint density at radius 3 is 2.89 bits per heavy atom. The molecule has 6 heteroatoms. The maximum absolute atomic E-state index is 11.9. The molecule has 2 atom stereocenters. The fraction of sp³-hybridized carbons (Fsp3) is 0.385. The average molecular weight is 277 g/mol. The van der Waals surface area contributed by atoms with Crippen LogP contribution in [0, 0.1) is 0 Å². The number of carbonyl (C=O) groups excluding carboxylic acids is 1. The third-order valence-corrected chi connectivity index (χ3v) is 3.86. The van der Waals surface area contributed by atoms with Crippen molar-refractivity contribution in [3.63, 3.8) is 0 Å². The molecule has 1 radical (unpaired) electrons. The Balaban J connectivity index is 1.91. The van der Waals surface area contributed by atoms with Gasteiger partial charge in [0, 0.05) is 0 Å². The normalized spacial score (nSPS) is 22.2. The molecule has 1 aliphatic rings. The summed E-state index contributed by atoms with van der Waals surface area (Å²) in [5, 5.41) is 0.678. The number of nitrogens with one attached hydrogen (secondary N) is 1.